The van der Waals surface area contributed by atoms with Gasteiger partial charge in [-0.1, -0.05) is 18.2 Å². The first kappa shape index (κ1) is 17.7. The second-order valence-electron chi connectivity index (χ2n) is 6.06. The molecule has 0 bridgehead atoms. The number of esters is 2. The molecule has 1 aliphatic heterocycles. The molecule has 0 saturated carbocycles. The largest absolute Gasteiger partial charge is 0.482 e. The van der Waals surface area contributed by atoms with Gasteiger partial charge in [-0.05, 0) is 13.0 Å². The minimum Gasteiger partial charge on any atom is -0.482 e. The highest BCUT2D eigenvalue weighted by molar-refractivity contribution is 5.78. The molecule has 0 radical (unpaired) electrons. The monoisotopic (exact) mass is 357 g/mol. The summed E-state index contributed by atoms with van der Waals surface area (Å²) >= 11 is 0. The van der Waals surface area contributed by atoms with Crippen LogP contribution in [0.1, 0.15) is 29.2 Å². The predicted octanol–water partition coefficient (Wildman–Crippen LogP) is 1.69. The number of fused-ring (bicyclic) bond motifs is 1. The van der Waals surface area contributed by atoms with Gasteiger partial charge in [0.2, 0.25) is 0 Å². The highest BCUT2D eigenvalue weighted by Gasteiger charge is 2.33. The van der Waals surface area contributed by atoms with E-state index >= 15 is 0 Å². The quantitative estimate of drug-likeness (QED) is 0.774. The van der Waals surface area contributed by atoms with E-state index in [1.54, 1.807) is 44.3 Å². The zero-order valence-electron chi connectivity index (χ0n) is 14.8. The fourth-order valence-corrected chi connectivity index (χ4v) is 3.01. The van der Waals surface area contributed by atoms with Gasteiger partial charge in [0, 0.05) is 30.3 Å². The first-order valence-corrected chi connectivity index (χ1v) is 8.12. The number of pyridine rings is 1. The normalized spacial score (nSPS) is 15.8. The molecule has 0 fully saturated rings. The molecule has 1 aromatic heterocycles. The third-order valence-electron chi connectivity index (χ3n) is 4.48. The maximum Gasteiger partial charge on any atom is 0.343 e. The van der Waals surface area contributed by atoms with Crippen LogP contribution in [0.4, 0.5) is 0 Å². The number of aryl methyl sites for hydroxylation is 1. The number of carbonyl (C=O) groups is 2. The van der Waals surface area contributed by atoms with Gasteiger partial charge in [0.25, 0.3) is 5.56 Å². The van der Waals surface area contributed by atoms with Crippen molar-refractivity contribution in [3.63, 3.8) is 0 Å². The molecular weight excluding hydrogens is 338 g/mol. The van der Waals surface area contributed by atoms with Crippen molar-refractivity contribution in [3.05, 3.63) is 57.5 Å². The van der Waals surface area contributed by atoms with E-state index < -0.39 is 17.9 Å². The van der Waals surface area contributed by atoms with Crippen LogP contribution in [-0.2, 0) is 21.4 Å². The highest BCUT2D eigenvalue weighted by atomic mass is 16.6. The zero-order valence-corrected chi connectivity index (χ0v) is 14.8. The van der Waals surface area contributed by atoms with Gasteiger partial charge in [-0.25, -0.2) is 4.79 Å². The Morgan fingerprint density at radius 2 is 2.04 bits per heavy atom. The van der Waals surface area contributed by atoms with Crippen molar-refractivity contribution in [2.45, 2.75) is 19.3 Å². The number of carbonyl (C=O) groups excluding carboxylic acids is 2. The van der Waals surface area contributed by atoms with Crippen LogP contribution < -0.4 is 15.0 Å². The van der Waals surface area contributed by atoms with Crippen LogP contribution in [0.25, 0.3) is 0 Å². The van der Waals surface area contributed by atoms with Gasteiger partial charge in [-0.3, -0.25) is 9.59 Å². The molecule has 2 heterocycles. The van der Waals surface area contributed by atoms with Crippen molar-refractivity contribution < 1.29 is 23.8 Å². The van der Waals surface area contributed by atoms with Gasteiger partial charge in [0.15, 0.2) is 6.61 Å². The molecule has 0 unspecified atom stereocenters. The fourth-order valence-electron chi connectivity index (χ4n) is 3.01. The number of rotatable bonds is 4. The topological polar surface area (TPSA) is 83.8 Å². The van der Waals surface area contributed by atoms with E-state index in [2.05, 4.69) is 4.74 Å². The summed E-state index contributed by atoms with van der Waals surface area (Å²) in [5.74, 6) is -0.757. The average molecular weight is 357 g/mol. The summed E-state index contributed by atoms with van der Waals surface area (Å²) < 4.78 is 16.9. The summed E-state index contributed by atoms with van der Waals surface area (Å²) in [5, 5.41) is 0. The Labute approximate surface area is 150 Å². The van der Waals surface area contributed by atoms with E-state index in [0.29, 0.717) is 22.6 Å². The number of benzene rings is 1. The summed E-state index contributed by atoms with van der Waals surface area (Å²) in [4.78, 5) is 36.3. The van der Waals surface area contributed by atoms with E-state index in [4.69, 9.17) is 9.47 Å². The van der Waals surface area contributed by atoms with Crippen LogP contribution in [0, 0.1) is 6.92 Å². The van der Waals surface area contributed by atoms with Crippen molar-refractivity contribution in [3.8, 4) is 11.5 Å². The number of nitrogens with zero attached hydrogens (tertiary/aromatic N) is 1. The lowest BCUT2D eigenvalue weighted by molar-refractivity contribution is -0.143. The number of aromatic nitrogens is 1. The first-order valence-electron chi connectivity index (χ1n) is 8.12. The van der Waals surface area contributed by atoms with Crippen LogP contribution in [0.3, 0.4) is 0 Å². The summed E-state index contributed by atoms with van der Waals surface area (Å²) in [6.07, 6.45) is 0.0178. The third kappa shape index (κ3) is 3.20. The second-order valence-corrected chi connectivity index (χ2v) is 6.06. The molecule has 0 aliphatic carbocycles. The second kappa shape index (κ2) is 7.03. The maximum atomic E-state index is 12.8. The molecule has 7 nitrogen and oxygen atoms in total. The minimum atomic E-state index is -0.519. The molecule has 26 heavy (non-hydrogen) atoms. The molecule has 7 heteroatoms. The Morgan fingerprint density at radius 1 is 1.31 bits per heavy atom. The smallest absolute Gasteiger partial charge is 0.343 e. The van der Waals surface area contributed by atoms with Gasteiger partial charge < -0.3 is 18.8 Å². The Kier molecular flexibility index (Phi) is 4.79. The van der Waals surface area contributed by atoms with Crippen LogP contribution in [0.15, 0.2) is 35.1 Å². The minimum absolute atomic E-state index is 0.0178. The van der Waals surface area contributed by atoms with Crippen LogP contribution >= 0.6 is 0 Å². The molecule has 0 amide bonds. The Balaban J connectivity index is 2.09. The molecular formula is C19H19NO6. The zero-order chi connectivity index (χ0) is 18.8. The van der Waals surface area contributed by atoms with Gasteiger partial charge in [0.1, 0.15) is 11.5 Å². The number of hydrogen-bond donors (Lipinski definition) is 0. The SMILES string of the molecule is COC(=O)COc1ccccc1[C@@H]1CC(=O)Oc2cc(C)n(C)c(=O)c21. The lowest BCUT2D eigenvalue weighted by Crippen LogP contribution is -2.32. The Bertz CT molecular complexity index is 930. The predicted molar refractivity (Wildman–Crippen MR) is 92.5 cm³/mol. The molecule has 1 aliphatic rings. The van der Waals surface area contributed by atoms with Gasteiger partial charge in [-0.2, -0.15) is 0 Å². The fraction of sp³-hybridized carbons (Fsp3) is 0.316. The summed E-state index contributed by atoms with van der Waals surface area (Å²) in [7, 11) is 2.95. The van der Waals surface area contributed by atoms with Gasteiger partial charge in [-0.15, -0.1) is 0 Å². The number of para-hydroxylation sites is 1. The van der Waals surface area contributed by atoms with Gasteiger partial charge >= 0.3 is 11.9 Å². The number of hydrogen-bond acceptors (Lipinski definition) is 6. The highest BCUT2D eigenvalue weighted by Crippen LogP contribution is 2.40. The van der Waals surface area contributed by atoms with E-state index in [9.17, 15) is 14.4 Å². The molecule has 1 aromatic carbocycles. The molecule has 0 N–H and O–H groups in total. The maximum absolute atomic E-state index is 12.8. The number of methoxy groups -OCH3 is 1. The van der Waals surface area contributed by atoms with Crippen molar-refractivity contribution in [2.24, 2.45) is 7.05 Å². The lowest BCUT2D eigenvalue weighted by atomic mass is 9.86. The summed E-state index contributed by atoms with van der Waals surface area (Å²) in [6.45, 7) is 1.51. The van der Waals surface area contributed by atoms with E-state index in [-0.39, 0.29) is 24.3 Å². The van der Waals surface area contributed by atoms with E-state index in [0.717, 1.165) is 0 Å². The van der Waals surface area contributed by atoms with Crippen molar-refractivity contribution >= 4 is 11.9 Å². The van der Waals surface area contributed by atoms with Crippen LogP contribution in [0.2, 0.25) is 0 Å². The third-order valence-corrected chi connectivity index (χ3v) is 4.48. The summed E-state index contributed by atoms with van der Waals surface area (Å²) in [6, 6.07) is 8.69. The van der Waals surface area contributed by atoms with Crippen LogP contribution in [-0.4, -0.2) is 30.2 Å². The van der Waals surface area contributed by atoms with E-state index in [1.165, 1.54) is 11.7 Å². The van der Waals surface area contributed by atoms with E-state index in [1.807, 2.05) is 0 Å². The Morgan fingerprint density at radius 3 is 2.77 bits per heavy atom. The lowest BCUT2D eigenvalue weighted by Gasteiger charge is -2.26. The van der Waals surface area contributed by atoms with Crippen LogP contribution in [0.5, 0.6) is 11.5 Å². The molecule has 3 rings (SSSR count). The first-order chi connectivity index (χ1) is 12.4. The molecule has 2 aromatic rings. The van der Waals surface area contributed by atoms with Crippen molar-refractivity contribution in [1.82, 2.24) is 4.57 Å². The Hall–Kier alpha value is -3.09. The molecule has 136 valence electrons. The van der Waals surface area contributed by atoms with Crippen molar-refractivity contribution in [2.75, 3.05) is 13.7 Å². The summed E-state index contributed by atoms with van der Waals surface area (Å²) in [5.41, 5.74) is 1.53. The van der Waals surface area contributed by atoms with Gasteiger partial charge in [0.05, 0.1) is 19.1 Å². The standard InChI is InChI=1S/C19H19NO6/c1-11-8-15-18(19(23)20(11)2)13(9-16(21)26-15)12-6-4-5-7-14(12)25-10-17(22)24-3/h4-8,13H,9-10H2,1-3H3/t13-/m0/s1. The average Bonchev–Trinajstić information content (AvgIpc) is 2.63. The molecule has 1 atom stereocenters. The molecule has 0 spiro atoms. The van der Waals surface area contributed by atoms with Crippen molar-refractivity contribution in [1.29, 1.82) is 0 Å². The molecule has 0 saturated heterocycles. The number of ether oxygens (including phenoxy) is 3.